The van der Waals surface area contributed by atoms with Gasteiger partial charge in [0.05, 0.1) is 21.5 Å². The lowest BCUT2D eigenvalue weighted by Gasteiger charge is -2.00. The number of aromatic hydroxyl groups is 2. The minimum absolute atomic E-state index is 0.169. The highest BCUT2D eigenvalue weighted by atomic mass is 16.6. The minimum atomic E-state index is -0.821. The standard InChI is InChI=1S/C8H6N2O6/c11-7-3-5(1-2-9(13)14)6(10(15)16)4-8(7)12/h1-4,11-12H/b2-1+. The molecule has 0 aliphatic heterocycles. The number of hydrogen-bond donors (Lipinski definition) is 2. The lowest BCUT2D eigenvalue weighted by molar-refractivity contribution is -0.401. The van der Waals surface area contributed by atoms with Gasteiger partial charge in [-0.15, -0.1) is 0 Å². The second-order valence-electron chi connectivity index (χ2n) is 2.76. The second kappa shape index (κ2) is 4.26. The molecule has 8 heteroatoms. The summed E-state index contributed by atoms with van der Waals surface area (Å²) in [5.74, 6) is -1.25. The topological polar surface area (TPSA) is 127 Å². The SMILES string of the molecule is O=[N+]([O-])/C=C/c1cc(O)c(O)cc1[N+](=O)[O-]. The molecule has 0 fully saturated rings. The summed E-state index contributed by atoms with van der Waals surface area (Å²) in [7, 11) is 0. The van der Waals surface area contributed by atoms with Crippen molar-refractivity contribution >= 4 is 11.8 Å². The van der Waals surface area contributed by atoms with Crippen LogP contribution in [0.25, 0.3) is 6.08 Å². The molecular formula is C8H6N2O6. The van der Waals surface area contributed by atoms with Gasteiger partial charge in [0.2, 0.25) is 6.20 Å². The van der Waals surface area contributed by atoms with E-state index in [1.165, 1.54) is 0 Å². The van der Waals surface area contributed by atoms with Crippen molar-refractivity contribution in [2.24, 2.45) is 0 Å². The molecule has 0 spiro atoms. The van der Waals surface area contributed by atoms with Crippen molar-refractivity contribution in [3.8, 4) is 11.5 Å². The number of nitrogens with zero attached hydrogens (tertiary/aromatic N) is 2. The number of hydrogen-bond acceptors (Lipinski definition) is 6. The van der Waals surface area contributed by atoms with E-state index in [1.54, 1.807) is 0 Å². The Morgan fingerprint density at radius 2 is 1.69 bits per heavy atom. The molecule has 0 unspecified atom stereocenters. The summed E-state index contributed by atoms with van der Waals surface area (Å²) in [6.45, 7) is 0. The van der Waals surface area contributed by atoms with Gasteiger partial charge in [-0.1, -0.05) is 0 Å². The van der Waals surface area contributed by atoms with Crippen molar-refractivity contribution in [1.29, 1.82) is 0 Å². The molecule has 0 saturated carbocycles. The first-order chi connectivity index (χ1) is 7.41. The molecule has 1 rings (SSSR count). The maximum absolute atomic E-state index is 10.5. The van der Waals surface area contributed by atoms with E-state index in [0.717, 1.165) is 18.2 Å². The molecule has 1 aromatic rings. The summed E-state index contributed by atoms with van der Waals surface area (Å²) in [6.07, 6.45) is 1.36. The van der Waals surface area contributed by atoms with Gasteiger partial charge < -0.3 is 10.2 Å². The van der Waals surface area contributed by atoms with E-state index in [1.807, 2.05) is 0 Å². The number of benzene rings is 1. The molecule has 0 amide bonds. The van der Waals surface area contributed by atoms with E-state index in [0.29, 0.717) is 6.20 Å². The molecule has 8 nitrogen and oxygen atoms in total. The summed E-state index contributed by atoms with van der Waals surface area (Å²) in [5.41, 5.74) is -0.703. The number of phenols is 2. The van der Waals surface area contributed by atoms with Crippen molar-refractivity contribution in [2.75, 3.05) is 0 Å². The van der Waals surface area contributed by atoms with Crippen molar-refractivity contribution in [3.05, 3.63) is 44.1 Å². The van der Waals surface area contributed by atoms with Crippen LogP contribution in [0.3, 0.4) is 0 Å². The molecule has 0 saturated heterocycles. The van der Waals surface area contributed by atoms with E-state index in [4.69, 9.17) is 10.2 Å². The second-order valence-corrected chi connectivity index (χ2v) is 2.76. The molecule has 0 heterocycles. The summed E-state index contributed by atoms with van der Waals surface area (Å²) in [5, 5.41) is 38.7. The Bertz CT molecular complexity index is 482. The van der Waals surface area contributed by atoms with Gasteiger partial charge in [0.1, 0.15) is 0 Å². The van der Waals surface area contributed by atoms with Gasteiger partial charge >= 0.3 is 0 Å². The summed E-state index contributed by atoms with van der Waals surface area (Å²) in [4.78, 5) is 19.0. The first-order valence-electron chi connectivity index (χ1n) is 3.94. The molecular weight excluding hydrogens is 220 g/mol. The van der Waals surface area contributed by atoms with Crippen molar-refractivity contribution in [3.63, 3.8) is 0 Å². The Labute approximate surface area is 88.4 Å². The first kappa shape index (κ1) is 11.4. The number of nitro groups is 2. The smallest absolute Gasteiger partial charge is 0.280 e. The van der Waals surface area contributed by atoms with Gasteiger partial charge in [-0.3, -0.25) is 20.2 Å². The fraction of sp³-hybridized carbons (Fsp3) is 0. The highest BCUT2D eigenvalue weighted by Gasteiger charge is 2.16. The lowest BCUT2D eigenvalue weighted by atomic mass is 10.1. The average Bonchev–Trinajstić information content (AvgIpc) is 2.18. The molecule has 0 aliphatic rings. The van der Waals surface area contributed by atoms with Gasteiger partial charge in [0, 0.05) is 6.08 Å². The quantitative estimate of drug-likeness (QED) is 0.453. The predicted molar refractivity (Wildman–Crippen MR) is 52.5 cm³/mol. The fourth-order valence-corrected chi connectivity index (χ4v) is 1.01. The third kappa shape index (κ3) is 2.44. The Morgan fingerprint density at radius 3 is 2.19 bits per heavy atom. The molecule has 16 heavy (non-hydrogen) atoms. The monoisotopic (exact) mass is 226 g/mol. The van der Waals surface area contributed by atoms with Crippen LogP contribution in [-0.2, 0) is 0 Å². The Balaban J connectivity index is 3.30. The minimum Gasteiger partial charge on any atom is -0.504 e. The summed E-state index contributed by atoms with van der Waals surface area (Å²) in [6, 6.07) is 1.59. The van der Waals surface area contributed by atoms with Crippen LogP contribution in [0.1, 0.15) is 5.56 Å². The van der Waals surface area contributed by atoms with Gasteiger partial charge in [0.15, 0.2) is 11.5 Å². The highest BCUT2D eigenvalue weighted by molar-refractivity contribution is 5.65. The maximum Gasteiger partial charge on any atom is 0.280 e. The molecule has 0 aromatic heterocycles. The Morgan fingerprint density at radius 1 is 1.12 bits per heavy atom. The van der Waals surface area contributed by atoms with Gasteiger partial charge in [0.25, 0.3) is 5.69 Å². The van der Waals surface area contributed by atoms with Crippen LogP contribution in [0.4, 0.5) is 5.69 Å². The zero-order chi connectivity index (χ0) is 12.3. The molecule has 84 valence electrons. The van der Waals surface area contributed by atoms with E-state index in [2.05, 4.69) is 0 Å². The van der Waals surface area contributed by atoms with Crippen LogP contribution in [0.15, 0.2) is 18.3 Å². The number of phenolic OH excluding ortho intramolecular Hbond substituents is 2. The molecule has 0 radical (unpaired) electrons. The van der Waals surface area contributed by atoms with Crippen LogP contribution in [-0.4, -0.2) is 20.1 Å². The molecule has 1 aromatic carbocycles. The Hall–Kier alpha value is -2.64. The number of rotatable bonds is 3. The van der Waals surface area contributed by atoms with Gasteiger partial charge in [-0.25, -0.2) is 0 Å². The van der Waals surface area contributed by atoms with E-state index in [9.17, 15) is 20.2 Å². The van der Waals surface area contributed by atoms with Crippen LogP contribution in [0, 0.1) is 20.2 Å². The third-order valence-electron chi connectivity index (χ3n) is 1.70. The van der Waals surface area contributed by atoms with E-state index < -0.39 is 27.0 Å². The molecule has 0 aliphatic carbocycles. The van der Waals surface area contributed by atoms with Crippen molar-refractivity contribution < 1.29 is 20.1 Å². The van der Waals surface area contributed by atoms with E-state index in [-0.39, 0.29) is 5.56 Å². The van der Waals surface area contributed by atoms with Gasteiger partial charge in [-0.05, 0) is 6.07 Å². The van der Waals surface area contributed by atoms with Crippen molar-refractivity contribution in [1.82, 2.24) is 0 Å². The fourth-order valence-electron chi connectivity index (χ4n) is 1.01. The third-order valence-corrected chi connectivity index (χ3v) is 1.70. The zero-order valence-electron chi connectivity index (χ0n) is 7.73. The van der Waals surface area contributed by atoms with Gasteiger partial charge in [-0.2, -0.15) is 0 Å². The van der Waals surface area contributed by atoms with Crippen LogP contribution >= 0.6 is 0 Å². The van der Waals surface area contributed by atoms with Crippen LogP contribution in [0.2, 0.25) is 0 Å². The van der Waals surface area contributed by atoms with Crippen molar-refractivity contribution in [2.45, 2.75) is 0 Å². The zero-order valence-corrected chi connectivity index (χ0v) is 7.73. The molecule has 0 atom stereocenters. The largest absolute Gasteiger partial charge is 0.504 e. The van der Waals surface area contributed by atoms with Crippen LogP contribution in [0.5, 0.6) is 11.5 Å². The number of nitro benzene ring substituents is 1. The Kier molecular flexibility index (Phi) is 3.04. The van der Waals surface area contributed by atoms with Crippen LogP contribution < -0.4 is 0 Å². The summed E-state index contributed by atoms with van der Waals surface area (Å²) >= 11 is 0. The normalized spacial score (nSPS) is 10.5. The summed E-state index contributed by atoms with van der Waals surface area (Å²) < 4.78 is 0. The lowest BCUT2D eigenvalue weighted by Crippen LogP contribution is -1.92. The maximum atomic E-state index is 10.5. The molecule has 0 bridgehead atoms. The predicted octanol–water partition coefficient (Wildman–Crippen LogP) is 1.25. The first-order valence-corrected chi connectivity index (χ1v) is 3.94. The highest BCUT2D eigenvalue weighted by Crippen LogP contribution is 2.33. The average molecular weight is 226 g/mol. The molecule has 2 N–H and O–H groups in total. The van der Waals surface area contributed by atoms with E-state index >= 15 is 0 Å².